The fourth-order valence-corrected chi connectivity index (χ4v) is 2.82. The number of hydrogen-bond acceptors (Lipinski definition) is 4. The monoisotopic (exact) mass is 256 g/mol. The number of nitrogens with one attached hydrogen (secondary N) is 1. The third-order valence-corrected chi connectivity index (χ3v) is 3.58. The summed E-state index contributed by atoms with van der Waals surface area (Å²) in [6.07, 6.45) is 2.08. The van der Waals surface area contributed by atoms with Crippen molar-refractivity contribution in [3.63, 3.8) is 0 Å². The van der Waals surface area contributed by atoms with Crippen LogP contribution in [-0.2, 0) is 11.3 Å². The van der Waals surface area contributed by atoms with Gasteiger partial charge in [0, 0.05) is 24.7 Å². The summed E-state index contributed by atoms with van der Waals surface area (Å²) >= 11 is 1.75. The van der Waals surface area contributed by atoms with Crippen LogP contribution in [0.5, 0.6) is 0 Å². The number of ether oxygens (including phenoxy) is 1. The topological polar surface area (TPSA) is 34.1 Å². The molecule has 4 heteroatoms. The average molecular weight is 256 g/mol. The van der Waals surface area contributed by atoms with E-state index in [1.807, 2.05) is 6.20 Å². The van der Waals surface area contributed by atoms with Gasteiger partial charge in [0.15, 0.2) is 0 Å². The number of aromatic nitrogens is 1. The summed E-state index contributed by atoms with van der Waals surface area (Å²) in [5.74, 6) is 1.15. The highest BCUT2D eigenvalue weighted by molar-refractivity contribution is 7.11. The Balaban J connectivity index is 2.52. The van der Waals surface area contributed by atoms with Crippen LogP contribution in [0.1, 0.15) is 43.7 Å². The van der Waals surface area contributed by atoms with Gasteiger partial charge in [-0.1, -0.05) is 27.7 Å². The summed E-state index contributed by atoms with van der Waals surface area (Å²) in [6, 6.07) is 0. The molecule has 0 aliphatic carbocycles. The Morgan fingerprint density at radius 1 is 1.35 bits per heavy atom. The molecule has 0 spiro atoms. The highest BCUT2D eigenvalue weighted by Gasteiger charge is 2.18. The number of rotatable bonds is 7. The van der Waals surface area contributed by atoms with Crippen LogP contribution in [0.2, 0.25) is 0 Å². The van der Waals surface area contributed by atoms with E-state index in [2.05, 4.69) is 38.0 Å². The summed E-state index contributed by atoms with van der Waals surface area (Å²) < 4.78 is 5.48. The lowest BCUT2D eigenvalue weighted by atomic mass is 10.1. The van der Waals surface area contributed by atoms with E-state index >= 15 is 0 Å². The van der Waals surface area contributed by atoms with Crippen molar-refractivity contribution >= 4 is 11.3 Å². The Bertz CT molecular complexity index is 323. The van der Waals surface area contributed by atoms with Crippen molar-refractivity contribution in [2.24, 2.45) is 11.8 Å². The second-order valence-electron chi connectivity index (χ2n) is 5.09. The van der Waals surface area contributed by atoms with Crippen molar-refractivity contribution in [2.75, 3.05) is 13.7 Å². The molecule has 0 radical (unpaired) electrons. The van der Waals surface area contributed by atoms with E-state index in [0.29, 0.717) is 11.8 Å². The smallest absolute Gasteiger partial charge is 0.122 e. The molecule has 0 amide bonds. The summed E-state index contributed by atoms with van der Waals surface area (Å²) in [5.41, 5.74) is 0. The number of hydrogen-bond donors (Lipinski definition) is 1. The minimum atomic E-state index is 0.124. The zero-order chi connectivity index (χ0) is 12.8. The maximum atomic E-state index is 5.48. The van der Waals surface area contributed by atoms with Crippen LogP contribution in [0, 0.1) is 11.8 Å². The van der Waals surface area contributed by atoms with Gasteiger partial charge in [0.25, 0.3) is 0 Å². The van der Waals surface area contributed by atoms with Gasteiger partial charge < -0.3 is 10.1 Å². The number of methoxy groups -OCH3 is 1. The summed E-state index contributed by atoms with van der Waals surface area (Å²) in [4.78, 5) is 5.74. The Hall–Kier alpha value is -0.450. The highest BCUT2D eigenvalue weighted by Crippen LogP contribution is 2.28. The highest BCUT2D eigenvalue weighted by atomic mass is 32.1. The molecule has 0 aliphatic heterocycles. The quantitative estimate of drug-likeness (QED) is 0.813. The van der Waals surface area contributed by atoms with E-state index in [0.717, 1.165) is 18.1 Å². The van der Waals surface area contributed by atoms with Crippen molar-refractivity contribution in [1.82, 2.24) is 10.3 Å². The SMILES string of the molecule is COC(c1ncc(CNCC(C)C)s1)C(C)C. The van der Waals surface area contributed by atoms with Crippen LogP contribution in [0.25, 0.3) is 0 Å². The van der Waals surface area contributed by atoms with Crippen molar-refractivity contribution in [3.05, 3.63) is 16.1 Å². The van der Waals surface area contributed by atoms with E-state index in [-0.39, 0.29) is 6.10 Å². The molecular formula is C13H24N2OS. The van der Waals surface area contributed by atoms with Crippen molar-refractivity contribution in [3.8, 4) is 0 Å². The van der Waals surface area contributed by atoms with E-state index < -0.39 is 0 Å². The normalized spacial score (nSPS) is 13.6. The first-order valence-electron chi connectivity index (χ1n) is 6.22. The van der Waals surface area contributed by atoms with Crippen LogP contribution >= 0.6 is 11.3 Å². The fourth-order valence-electron chi connectivity index (χ4n) is 1.68. The van der Waals surface area contributed by atoms with Gasteiger partial charge >= 0.3 is 0 Å². The van der Waals surface area contributed by atoms with E-state index in [9.17, 15) is 0 Å². The van der Waals surface area contributed by atoms with Gasteiger partial charge in [0.05, 0.1) is 0 Å². The molecule has 98 valence electrons. The molecular weight excluding hydrogens is 232 g/mol. The predicted octanol–water partition coefficient (Wildman–Crippen LogP) is 3.23. The zero-order valence-corrected chi connectivity index (χ0v) is 12.3. The van der Waals surface area contributed by atoms with Gasteiger partial charge in [-0.25, -0.2) is 4.98 Å². The van der Waals surface area contributed by atoms with Crippen LogP contribution in [0.3, 0.4) is 0 Å². The minimum absolute atomic E-state index is 0.124. The minimum Gasteiger partial charge on any atom is -0.374 e. The van der Waals surface area contributed by atoms with Gasteiger partial charge in [-0.15, -0.1) is 11.3 Å². The van der Waals surface area contributed by atoms with Crippen LogP contribution < -0.4 is 5.32 Å². The number of thiazole rings is 1. The summed E-state index contributed by atoms with van der Waals surface area (Å²) in [5, 5.41) is 4.52. The first-order valence-corrected chi connectivity index (χ1v) is 7.04. The molecule has 1 N–H and O–H groups in total. The molecule has 0 saturated carbocycles. The lowest BCUT2D eigenvalue weighted by Gasteiger charge is -2.15. The van der Waals surface area contributed by atoms with Crippen molar-refractivity contribution < 1.29 is 4.74 Å². The molecule has 1 unspecified atom stereocenters. The Morgan fingerprint density at radius 2 is 2.06 bits per heavy atom. The summed E-state index contributed by atoms with van der Waals surface area (Å²) in [7, 11) is 1.75. The maximum Gasteiger partial charge on any atom is 0.122 e. The average Bonchev–Trinajstić information content (AvgIpc) is 2.66. The Morgan fingerprint density at radius 3 is 2.59 bits per heavy atom. The molecule has 1 aromatic rings. The second kappa shape index (κ2) is 7.09. The molecule has 3 nitrogen and oxygen atoms in total. The van der Waals surface area contributed by atoms with Crippen LogP contribution in [0.15, 0.2) is 6.20 Å². The third kappa shape index (κ3) is 4.74. The molecule has 0 saturated heterocycles. The zero-order valence-electron chi connectivity index (χ0n) is 11.5. The van der Waals surface area contributed by atoms with Crippen molar-refractivity contribution in [1.29, 1.82) is 0 Å². The van der Waals surface area contributed by atoms with Gasteiger partial charge in [-0.2, -0.15) is 0 Å². The van der Waals surface area contributed by atoms with E-state index in [4.69, 9.17) is 4.74 Å². The standard InChI is InChI=1S/C13H24N2OS/c1-9(2)6-14-7-11-8-15-13(17-11)12(16-5)10(3)4/h8-10,12,14H,6-7H2,1-5H3. The van der Waals surface area contributed by atoms with E-state index in [1.165, 1.54) is 4.88 Å². The van der Waals surface area contributed by atoms with Crippen LogP contribution in [0.4, 0.5) is 0 Å². The summed E-state index contributed by atoms with van der Waals surface area (Å²) in [6.45, 7) is 10.7. The molecule has 0 aliphatic rings. The lowest BCUT2D eigenvalue weighted by Crippen LogP contribution is -2.18. The second-order valence-corrected chi connectivity index (χ2v) is 6.24. The van der Waals surface area contributed by atoms with Gasteiger partial charge in [-0.05, 0) is 18.4 Å². The molecule has 1 aromatic heterocycles. The lowest BCUT2D eigenvalue weighted by molar-refractivity contribution is 0.0644. The maximum absolute atomic E-state index is 5.48. The first-order chi connectivity index (χ1) is 8.04. The molecule has 1 heterocycles. The molecule has 0 bridgehead atoms. The molecule has 17 heavy (non-hydrogen) atoms. The molecule has 0 fully saturated rings. The van der Waals surface area contributed by atoms with Crippen LogP contribution in [-0.4, -0.2) is 18.6 Å². The third-order valence-electron chi connectivity index (χ3n) is 2.53. The number of nitrogens with zero attached hydrogens (tertiary/aromatic N) is 1. The van der Waals surface area contributed by atoms with Gasteiger partial charge in [0.2, 0.25) is 0 Å². The van der Waals surface area contributed by atoms with Gasteiger partial charge in [0.1, 0.15) is 11.1 Å². The Labute approximate surface area is 109 Å². The molecule has 0 aromatic carbocycles. The first kappa shape index (κ1) is 14.6. The van der Waals surface area contributed by atoms with Crippen molar-refractivity contribution in [2.45, 2.75) is 40.3 Å². The molecule has 1 rings (SSSR count). The fraction of sp³-hybridized carbons (Fsp3) is 0.769. The van der Waals surface area contributed by atoms with E-state index in [1.54, 1.807) is 18.4 Å². The van der Waals surface area contributed by atoms with Gasteiger partial charge in [-0.3, -0.25) is 0 Å². The molecule has 1 atom stereocenters. The largest absolute Gasteiger partial charge is 0.374 e. The Kier molecular flexibility index (Phi) is 6.09. The predicted molar refractivity (Wildman–Crippen MR) is 73.2 cm³/mol.